The summed E-state index contributed by atoms with van der Waals surface area (Å²) in [6, 6.07) is 29.1. The maximum Gasteiger partial charge on any atom is 0.291 e. The predicted molar refractivity (Wildman–Crippen MR) is 104 cm³/mol. The van der Waals surface area contributed by atoms with Crippen LogP contribution in [0.5, 0.6) is 0 Å². The number of aromatic amines is 1. The Labute approximate surface area is 151 Å². The maximum atomic E-state index is 12.6. The van der Waals surface area contributed by atoms with E-state index in [4.69, 9.17) is 0 Å². The molecule has 4 nitrogen and oxygen atoms in total. The van der Waals surface area contributed by atoms with Gasteiger partial charge >= 0.3 is 0 Å². The fourth-order valence-corrected chi connectivity index (χ4v) is 2.81. The van der Waals surface area contributed by atoms with E-state index in [9.17, 15) is 4.79 Å². The Balaban J connectivity index is 1.75. The van der Waals surface area contributed by atoms with Crippen molar-refractivity contribution >= 4 is 11.6 Å². The van der Waals surface area contributed by atoms with Gasteiger partial charge in [-0.05, 0) is 12.1 Å². The number of nitrogens with one attached hydrogen (secondary N) is 2. The number of aromatic nitrogens is 2. The number of nitrogens with zero attached hydrogens (tertiary/aromatic N) is 1. The molecule has 2 N–H and O–H groups in total. The summed E-state index contributed by atoms with van der Waals surface area (Å²) in [7, 11) is 0. The van der Waals surface area contributed by atoms with Gasteiger partial charge in [-0.25, -0.2) is 4.98 Å². The van der Waals surface area contributed by atoms with Crippen molar-refractivity contribution in [1.82, 2.24) is 9.97 Å². The minimum atomic E-state index is -0.268. The van der Waals surface area contributed by atoms with E-state index in [0.29, 0.717) is 0 Å². The number of H-pyrrole nitrogens is 1. The zero-order chi connectivity index (χ0) is 17.8. The van der Waals surface area contributed by atoms with Crippen molar-refractivity contribution in [3.63, 3.8) is 0 Å². The Bertz CT molecular complexity index is 952. The lowest BCUT2D eigenvalue weighted by Crippen LogP contribution is -2.13. The summed E-state index contributed by atoms with van der Waals surface area (Å²) in [4.78, 5) is 20.4. The quantitative estimate of drug-likeness (QED) is 0.550. The Morgan fingerprint density at radius 1 is 0.731 bits per heavy atom. The summed E-state index contributed by atoms with van der Waals surface area (Å²) in [5.41, 5.74) is 4.26. The Morgan fingerprint density at radius 2 is 1.27 bits per heavy atom. The zero-order valence-corrected chi connectivity index (χ0v) is 14.0. The van der Waals surface area contributed by atoms with Crippen LogP contribution in [0, 0.1) is 0 Å². The third-order valence-corrected chi connectivity index (χ3v) is 4.06. The SMILES string of the molecule is O=C(Nc1ccccc1)c1nc(-c2ccccc2)c(-c2ccccc2)[nH]1. The lowest BCUT2D eigenvalue weighted by Gasteiger charge is -2.02. The van der Waals surface area contributed by atoms with E-state index in [2.05, 4.69) is 15.3 Å². The van der Waals surface area contributed by atoms with Crippen molar-refractivity contribution < 1.29 is 4.79 Å². The van der Waals surface area contributed by atoms with Crippen LogP contribution in [0.25, 0.3) is 22.5 Å². The van der Waals surface area contributed by atoms with Gasteiger partial charge in [-0.2, -0.15) is 0 Å². The molecule has 0 radical (unpaired) electrons. The summed E-state index contributed by atoms with van der Waals surface area (Å²) in [5.74, 6) is 0.0159. The first-order valence-electron chi connectivity index (χ1n) is 8.38. The van der Waals surface area contributed by atoms with E-state index >= 15 is 0 Å². The third kappa shape index (κ3) is 3.26. The number of rotatable bonds is 4. The van der Waals surface area contributed by atoms with Crippen LogP contribution >= 0.6 is 0 Å². The van der Waals surface area contributed by atoms with E-state index in [-0.39, 0.29) is 11.7 Å². The van der Waals surface area contributed by atoms with Crippen LogP contribution in [0.1, 0.15) is 10.6 Å². The molecule has 126 valence electrons. The Hall–Kier alpha value is -3.66. The number of carbonyl (C=O) groups excluding carboxylic acids is 1. The van der Waals surface area contributed by atoms with Crippen LogP contribution < -0.4 is 5.32 Å². The topological polar surface area (TPSA) is 57.8 Å². The smallest absolute Gasteiger partial charge is 0.291 e. The van der Waals surface area contributed by atoms with Crippen LogP contribution in [0.4, 0.5) is 5.69 Å². The average molecular weight is 339 g/mol. The fraction of sp³-hybridized carbons (Fsp3) is 0. The van der Waals surface area contributed by atoms with Gasteiger partial charge in [0.1, 0.15) is 0 Å². The number of para-hydroxylation sites is 1. The summed E-state index contributed by atoms with van der Waals surface area (Å²) >= 11 is 0. The van der Waals surface area contributed by atoms with Crippen molar-refractivity contribution in [2.24, 2.45) is 0 Å². The highest BCUT2D eigenvalue weighted by atomic mass is 16.2. The molecule has 0 unspecified atom stereocenters. The molecule has 0 saturated heterocycles. The van der Waals surface area contributed by atoms with Crippen LogP contribution in [-0.4, -0.2) is 15.9 Å². The fourth-order valence-electron chi connectivity index (χ4n) is 2.81. The molecule has 0 bridgehead atoms. The molecule has 1 heterocycles. The summed E-state index contributed by atoms with van der Waals surface area (Å²) in [6.45, 7) is 0. The highest BCUT2D eigenvalue weighted by Crippen LogP contribution is 2.30. The molecule has 0 aliphatic carbocycles. The Morgan fingerprint density at radius 3 is 1.88 bits per heavy atom. The van der Waals surface area contributed by atoms with Crippen LogP contribution in [-0.2, 0) is 0 Å². The van der Waals surface area contributed by atoms with Crippen molar-refractivity contribution in [3.8, 4) is 22.5 Å². The number of hydrogen-bond acceptors (Lipinski definition) is 2. The third-order valence-electron chi connectivity index (χ3n) is 4.06. The summed E-state index contributed by atoms with van der Waals surface area (Å²) in [5, 5.41) is 2.87. The molecular weight excluding hydrogens is 322 g/mol. The number of hydrogen-bond donors (Lipinski definition) is 2. The molecule has 26 heavy (non-hydrogen) atoms. The van der Waals surface area contributed by atoms with E-state index < -0.39 is 0 Å². The molecular formula is C22H17N3O. The molecule has 4 heteroatoms. The predicted octanol–water partition coefficient (Wildman–Crippen LogP) is 5.00. The molecule has 1 amide bonds. The van der Waals surface area contributed by atoms with Crippen molar-refractivity contribution in [2.75, 3.05) is 5.32 Å². The van der Waals surface area contributed by atoms with Gasteiger partial charge in [0.05, 0.1) is 11.4 Å². The number of imidazole rings is 1. The van der Waals surface area contributed by atoms with Gasteiger partial charge in [-0.1, -0.05) is 78.9 Å². The number of benzene rings is 3. The molecule has 3 aromatic carbocycles. The molecule has 0 aliphatic heterocycles. The van der Waals surface area contributed by atoms with Crippen LogP contribution in [0.15, 0.2) is 91.0 Å². The van der Waals surface area contributed by atoms with Crippen molar-refractivity contribution in [1.29, 1.82) is 0 Å². The normalized spacial score (nSPS) is 10.5. The molecule has 0 aliphatic rings. The maximum absolute atomic E-state index is 12.6. The Kier molecular flexibility index (Phi) is 4.31. The molecule has 0 fully saturated rings. The molecule has 1 aromatic heterocycles. The zero-order valence-electron chi connectivity index (χ0n) is 14.0. The lowest BCUT2D eigenvalue weighted by atomic mass is 10.1. The lowest BCUT2D eigenvalue weighted by molar-refractivity contribution is 0.101. The minimum absolute atomic E-state index is 0.268. The van der Waals surface area contributed by atoms with Gasteiger partial charge in [0.25, 0.3) is 5.91 Å². The molecule has 4 aromatic rings. The highest BCUT2D eigenvalue weighted by molar-refractivity contribution is 6.03. The van der Waals surface area contributed by atoms with E-state index in [0.717, 1.165) is 28.2 Å². The van der Waals surface area contributed by atoms with Gasteiger partial charge in [-0.15, -0.1) is 0 Å². The van der Waals surface area contributed by atoms with Crippen LogP contribution in [0.2, 0.25) is 0 Å². The molecule has 0 saturated carbocycles. The average Bonchev–Trinajstić information content (AvgIpc) is 3.16. The van der Waals surface area contributed by atoms with Crippen molar-refractivity contribution in [3.05, 3.63) is 96.8 Å². The second kappa shape index (κ2) is 7.07. The van der Waals surface area contributed by atoms with E-state index in [1.165, 1.54) is 0 Å². The largest absolute Gasteiger partial charge is 0.333 e. The van der Waals surface area contributed by atoms with E-state index in [1.54, 1.807) is 0 Å². The van der Waals surface area contributed by atoms with Gasteiger partial charge in [-0.3, -0.25) is 4.79 Å². The van der Waals surface area contributed by atoms with Crippen molar-refractivity contribution in [2.45, 2.75) is 0 Å². The minimum Gasteiger partial charge on any atom is -0.333 e. The van der Waals surface area contributed by atoms with Gasteiger partial charge in [0.15, 0.2) is 5.82 Å². The van der Waals surface area contributed by atoms with Crippen LogP contribution in [0.3, 0.4) is 0 Å². The van der Waals surface area contributed by atoms with E-state index in [1.807, 2.05) is 91.0 Å². The summed E-state index contributed by atoms with van der Waals surface area (Å²) in [6.07, 6.45) is 0. The first-order chi connectivity index (χ1) is 12.8. The number of amides is 1. The van der Waals surface area contributed by atoms with Gasteiger partial charge < -0.3 is 10.3 Å². The summed E-state index contributed by atoms with van der Waals surface area (Å²) < 4.78 is 0. The second-order valence-corrected chi connectivity index (χ2v) is 5.86. The molecule has 4 rings (SSSR count). The molecule has 0 spiro atoms. The molecule has 0 atom stereocenters. The first kappa shape index (κ1) is 15.8. The first-order valence-corrected chi connectivity index (χ1v) is 8.38. The second-order valence-electron chi connectivity index (χ2n) is 5.86. The van der Waals surface area contributed by atoms with Gasteiger partial charge in [0, 0.05) is 16.8 Å². The number of carbonyl (C=O) groups is 1. The van der Waals surface area contributed by atoms with Gasteiger partial charge in [0.2, 0.25) is 0 Å². The number of anilines is 1. The highest BCUT2D eigenvalue weighted by Gasteiger charge is 2.18. The monoisotopic (exact) mass is 339 g/mol. The standard InChI is InChI=1S/C22H17N3O/c26-22(23-18-14-8-3-9-15-18)21-24-19(16-10-4-1-5-11-16)20(25-21)17-12-6-2-7-13-17/h1-15H,(H,23,26)(H,24,25).